The van der Waals surface area contributed by atoms with Gasteiger partial charge in [0.2, 0.25) is 0 Å². The molecule has 0 aliphatic carbocycles. The van der Waals surface area contributed by atoms with Crippen LogP contribution in [0.4, 0.5) is 26.3 Å². The minimum atomic E-state index is -1.93. The van der Waals surface area contributed by atoms with Crippen LogP contribution < -0.4 is 0 Å². The molecule has 0 amide bonds. The fourth-order valence-electron chi connectivity index (χ4n) is 3.23. The third kappa shape index (κ3) is 3.09. The Morgan fingerprint density at radius 1 is 0.839 bits per heavy atom. The van der Waals surface area contributed by atoms with Gasteiger partial charge in [-0.1, -0.05) is 24.8 Å². The number of carbonyl (C=O) groups is 1. The summed E-state index contributed by atoms with van der Waals surface area (Å²) in [5.41, 5.74) is -3.35. The zero-order valence-electron chi connectivity index (χ0n) is 15.4. The molecule has 0 spiro atoms. The van der Waals surface area contributed by atoms with E-state index >= 15 is 0 Å². The van der Waals surface area contributed by atoms with Crippen molar-refractivity contribution in [2.24, 2.45) is 0 Å². The Hall–Kier alpha value is -3.88. The molecule has 0 saturated heterocycles. The monoisotopic (exact) mass is 432 g/mol. The number of nitrogens with one attached hydrogen (secondary N) is 1. The summed E-state index contributed by atoms with van der Waals surface area (Å²) in [6.45, 7) is 3.35. The van der Waals surface area contributed by atoms with Crippen LogP contribution in [-0.2, 0) is 0 Å². The molecule has 0 aliphatic rings. The molecule has 0 aliphatic heterocycles. The number of hydrogen-bond acceptors (Lipinski definition) is 2. The van der Waals surface area contributed by atoms with Crippen molar-refractivity contribution < 1.29 is 31.1 Å². The first-order chi connectivity index (χ1) is 14.8. The molecule has 1 N–H and O–H groups in total. The topological polar surface area (TPSA) is 45.8 Å². The number of fused-ring (bicyclic) bond motifs is 1. The minimum absolute atomic E-state index is 0.00210. The molecule has 1 heterocycles. The number of ketones is 1. The van der Waals surface area contributed by atoms with E-state index in [9.17, 15) is 31.1 Å². The lowest BCUT2D eigenvalue weighted by atomic mass is 10.00. The number of rotatable bonds is 4. The highest BCUT2D eigenvalue weighted by atomic mass is 19.2. The summed E-state index contributed by atoms with van der Waals surface area (Å²) in [5, 5.41) is 0. The van der Waals surface area contributed by atoms with Crippen molar-refractivity contribution in [2.75, 3.05) is 0 Å². The molecule has 0 saturated carbocycles. The van der Waals surface area contributed by atoms with E-state index < -0.39 is 63.2 Å². The Morgan fingerprint density at radius 3 is 2.10 bits per heavy atom. The molecule has 4 aromatic rings. The van der Waals surface area contributed by atoms with Gasteiger partial charge in [0.05, 0.1) is 16.6 Å². The highest BCUT2D eigenvalue weighted by molar-refractivity contribution is 6.12. The van der Waals surface area contributed by atoms with Crippen LogP contribution in [-0.4, -0.2) is 15.8 Å². The van der Waals surface area contributed by atoms with E-state index in [1.54, 1.807) is 0 Å². The van der Waals surface area contributed by atoms with E-state index in [4.69, 9.17) is 0 Å². The first-order valence-electron chi connectivity index (χ1n) is 8.72. The number of allylic oxidation sites excluding steroid dienone is 1. The number of carbonyl (C=O) groups excluding carboxylic acids is 1. The van der Waals surface area contributed by atoms with Crippen molar-refractivity contribution in [3.63, 3.8) is 0 Å². The van der Waals surface area contributed by atoms with Gasteiger partial charge in [0.1, 0.15) is 11.3 Å². The van der Waals surface area contributed by atoms with Gasteiger partial charge in [0.25, 0.3) is 0 Å². The zero-order chi connectivity index (χ0) is 22.4. The van der Waals surface area contributed by atoms with E-state index in [0.29, 0.717) is 6.07 Å². The summed E-state index contributed by atoms with van der Waals surface area (Å²) in [6.07, 6.45) is 1.01. The molecule has 0 unspecified atom stereocenters. The quantitative estimate of drug-likeness (QED) is 0.183. The molecule has 0 bridgehead atoms. The molecule has 1 aromatic heterocycles. The first kappa shape index (κ1) is 20.4. The maximum absolute atomic E-state index is 14.8. The van der Waals surface area contributed by atoms with Crippen LogP contribution in [0.1, 0.15) is 10.4 Å². The standard InChI is InChI=1S/C22H10F6N2O/c1-2-13(31)9-5-4-8-12-21(9)30-22(29-12)15-19(27)17(25)14(18(26)20(15)28)10-6-3-7-11(23)16(10)24/h2-8H,1H2,(H,29,30). The Labute approximate surface area is 170 Å². The van der Waals surface area contributed by atoms with Gasteiger partial charge in [-0.3, -0.25) is 4.79 Å². The smallest absolute Gasteiger partial charge is 0.187 e. The molecular weight excluding hydrogens is 422 g/mol. The molecule has 3 aromatic carbocycles. The van der Waals surface area contributed by atoms with Crippen molar-refractivity contribution in [1.82, 2.24) is 9.97 Å². The molecule has 9 heteroatoms. The number of nitrogens with zero attached hydrogens (tertiary/aromatic N) is 1. The van der Waals surface area contributed by atoms with Gasteiger partial charge >= 0.3 is 0 Å². The van der Waals surface area contributed by atoms with E-state index in [-0.39, 0.29) is 16.6 Å². The van der Waals surface area contributed by atoms with E-state index in [1.165, 1.54) is 18.2 Å². The summed E-state index contributed by atoms with van der Waals surface area (Å²) >= 11 is 0. The van der Waals surface area contributed by atoms with Crippen molar-refractivity contribution in [3.8, 4) is 22.5 Å². The molecule has 3 nitrogen and oxygen atoms in total. The molecule has 31 heavy (non-hydrogen) atoms. The van der Waals surface area contributed by atoms with Crippen LogP contribution >= 0.6 is 0 Å². The highest BCUT2D eigenvalue weighted by Crippen LogP contribution is 2.38. The van der Waals surface area contributed by atoms with E-state index in [1.807, 2.05) is 0 Å². The first-order valence-corrected chi connectivity index (χ1v) is 8.72. The maximum Gasteiger partial charge on any atom is 0.187 e. The summed E-state index contributed by atoms with van der Waals surface area (Å²) in [7, 11) is 0. The van der Waals surface area contributed by atoms with Gasteiger partial charge in [-0.2, -0.15) is 0 Å². The van der Waals surface area contributed by atoms with Crippen LogP contribution in [0.2, 0.25) is 0 Å². The third-order valence-corrected chi connectivity index (χ3v) is 4.68. The van der Waals surface area contributed by atoms with Crippen LogP contribution in [0.5, 0.6) is 0 Å². The van der Waals surface area contributed by atoms with Crippen LogP contribution in [0.3, 0.4) is 0 Å². The Bertz CT molecular complexity index is 1360. The summed E-state index contributed by atoms with van der Waals surface area (Å²) in [5.74, 6) is -11.8. The Balaban J connectivity index is 1.99. The average molecular weight is 432 g/mol. The highest BCUT2D eigenvalue weighted by Gasteiger charge is 2.30. The average Bonchev–Trinajstić information content (AvgIpc) is 3.18. The fourth-order valence-corrected chi connectivity index (χ4v) is 3.23. The van der Waals surface area contributed by atoms with Crippen molar-refractivity contribution in [3.05, 3.63) is 89.5 Å². The predicted octanol–water partition coefficient (Wildman–Crippen LogP) is 6.10. The van der Waals surface area contributed by atoms with Crippen LogP contribution in [0.15, 0.2) is 49.1 Å². The Kier molecular flexibility index (Phi) is 4.88. The van der Waals surface area contributed by atoms with Gasteiger partial charge in [-0.05, 0) is 24.3 Å². The largest absolute Gasteiger partial charge is 0.338 e. The lowest BCUT2D eigenvalue weighted by Gasteiger charge is -2.12. The summed E-state index contributed by atoms with van der Waals surface area (Å²) < 4.78 is 86.6. The fraction of sp³-hybridized carbons (Fsp3) is 0. The predicted molar refractivity (Wildman–Crippen MR) is 101 cm³/mol. The Morgan fingerprint density at radius 2 is 1.45 bits per heavy atom. The van der Waals surface area contributed by atoms with Crippen LogP contribution in [0.25, 0.3) is 33.5 Å². The van der Waals surface area contributed by atoms with Gasteiger partial charge in [0.15, 0.2) is 40.7 Å². The summed E-state index contributed by atoms with van der Waals surface area (Å²) in [4.78, 5) is 18.4. The molecule has 0 radical (unpaired) electrons. The van der Waals surface area contributed by atoms with Crippen molar-refractivity contribution >= 4 is 16.8 Å². The number of H-pyrrole nitrogens is 1. The van der Waals surface area contributed by atoms with E-state index in [0.717, 1.165) is 18.2 Å². The molecule has 0 atom stereocenters. The number of aromatic amines is 1. The zero-order valence-corrected chi connectivity index (χ0v) is 15.4. The second kappa shape index (κ2) is 7.42. The molecule has 156 valence electrons. The van der Waals surface area contributed by atoms with Gasteiger partial charge in [0, 0.05) is 11.1 Å². The van der Waals surface area contributed by atoms with E-state index in [2.05, 4.69) is 16.5 Å². The second-order valence-electron chi connectivity index (χ2n) is 6.46. The van der Waals surface area contributed by atoms with Crippen molar-refractivity contribution in [1.29, 1.82) is 0 Å². The number of aromatic nitrogens is 2. The number of para-hydroxylation sites is 1. The van der Waals surface area contributed by atoms with Gasteiger partial charge in [-0.15, -0.1) is 0 Å². The molecule has 0 fully saturated rings. The number of halogens is 6. The number of hydrogen-bond donors (Lipinski definition) is 1. The lowest BCUT2D eigenvalue weighted by molar-refractivity contribution is 0.104. The SMILES string of the molecule is C=CC(=O)c1cccc2[nH]c(-c3c(F)c(F)c(-c4cccc(F)c4F)c(F)c3F)nc12. The third-order valence-electron chi connectivity index (χ3n) is 4.68. The maximum atomic E-state index is 14.8. The lowest BCUT2D eigenvalue weighted by Crippen LogP contribution is -2.05. The normalized spacial score (nSPS) is 11.2. The summed E-state index contributed by atoms with van der Waals surface area (Å²) in [6, 6.07) is 6.70. The number of imidazole rings is 1. The van der Waals surface area contributed by atoms with Gasteiger partial charge in [-0.25, -0.2) is 31.3 Å². The number of benzene rings is 3. The van der Waals surface area contributed by atoms with Crippen LogP contribution in [0, 0.1) is 34.9 Å². The second-order valence-corrected chi connectivity index (χ2v) is 6.46. The molecular formula is C22H10F6N2O. The van der Waals surface area contributed by atoms with Gasteiger partial charge < -0.3 is 4.98 Å². The van der Waals surface area contributed by atoms with Crippen molar-refractivity contribution in [2.45, 2.75) is 0 Å². The minimum Gasteiger partial charge on any atom is -0.338 e. The molecule has 4 rings (SSSR count).